The van der Waals surface area contributed by atoms with Crippen LogP contribution in [0.25, 0.3) is 27.5 Å². The van der Waals surface area contributed by atoms with Crippen LogP contribution >= 0.6 is 0 Å². The summed E-state index contributed by atoms with van der Waals surface area (Å²) in [5.41, 5.74) is 8.39. The molecule has 28 heavy (non-hydrogen) atoms. The van der Waals surface area contributed by atoms with Gasteiger partial charge in [-0.05, 0) is 62.4 Å². The number of benzene rings is 4. The summed E-state index contributed by atoms with van der Waals surface area (Å²) in [6.07, 6.45) is 0. The molecule has 0 radical (unpaired) electrons. The fourth-order valence-electron chi connectivity index (χ4n) is 3.83. The first-order valence-electron chi connectivity index (χ1n) is 9.63. The number of rotatable bonds is 3. The first-order chi connectivity index (χ1) is 13.7. The van der Waals surface area contributed by atoms with Crippen LogP contribution in [0.1, 0.15) is 11.1 Å². The highest BCUT2D eigenvalue weighted by Crippen LogP contribution is 2.34. The van der Waals surface area contributed by atoms with Crippen LogP contribution in [0, 0.1) is 13.8 Å². The molecule has 1 heterocycles. The standard InChI is InChI=1S/C26H22N2/c1-18-7-11-20(12-8-18)27-21-13-16-26-24(17-21)23-5-3-4-6-25(23)28(26)22-14-9-19(2)10-15-22/h3-17,27H,1-2H3. The third-order valence-corrected chi connectivity index (χ3v) is 5.30. The average Bonchev–Trinajstić information content (AvgIpc) is 3.04. The Morgan fingerprint density at radius 3 is 1.93 bits per heavy atom. The lowest BCUT2D eigenvalue weighted by Gasteiger charge is -2.10. The van der Waals surface area contributed by atoms with Gasteiger partial charge >= 0.3 is 0 Å². The van der Waals surface area contributed by atoms with Crippen molar-refractivity contribution in [2.75, 3.05) is 5.32 Å². The molecule has 0 aliphatic rings. The molecule has 0 aliphatic carbocycles. The normalized spacial score (nSPS) is 11.2. The van der Waals surface area contributed by atoms with Crippen molar-refractivity contribution in [2.24, 2.45) is 0 Å². The number of fused-ring (bicyclic) bond motifs is 3. The monoisotopic (exact) mass is 362 g/mol. The molecule has 0 fully saturated rings. The highest BCUT2D eigenvalue weighted by atomic mass is 15.0. The zero-order chi connectivity index (χ0) is 19.1. The van der Waals surface area contributed by atoms with Crippen molar-refractivity contribution < 1.29 is 0 Å². The van der Waals surface area contributed by atoms with Crippen LogP contribution in [-0.4, -0.2) is 4.57 Å². The SMILES string of the molecule is Cc1ccc(Nc2ccc3c(c2)c2ccccc2n3-c2ccc(C)cc2)cc1. The van der Waals surface area contributed by atoms with Crippen LogP contribution in [-0.2, 0) is 0 Å². The number of nitrogens with one attached hydrogen (secondary N) is 1. The number of anilines is 2. The molecular formula is C26H22N2. The highest BCUT2D eigenvalue weighted by molar-refractivity contribution is 6.10. The van der Waals surface area contributed by atoms with Crippen LogP contribution in [0.5, 0.6) is 0 Å². The lowest BCUT2D eigenvalue weighted by Crippen LogP contribution is -1.94. The van der Waals surface area contributed by atoms with Gasteiger partial charge in [0.15, 0.2) is 0 Å². The molecule has 5 rings (SSSR count). The van der Waals surface area contributed by atoms with Crippen LogP contribution in [0.4, 0.5) is 11.4 Å². The van der Waals surface area contributed by atoms with Gasteiger partial charge in [0.05, 0.1) is 11.0 Å². The molecule has 1 aromatic heterocycles. The third kappa shape index (κ3) is 2.84. The van der Waals surface area contributed by atoms with Gasteiger partial charge in [-0.15, -0.1) is 0 Å². The Balaban J connectivity index is 1.68. The molecule has 0 aliphatic heterocycles. The van der Waals surface area contributed by atoms with Crippen LogP contribution in [0.3, 0.4) is 0 Å². The molecule has 2 nitrogen and oxygen atoms in total. The molecule has 1 N–H and O–H groups in total. The molecule has 0 bridgehead atoms. The molecule has 0 spiro atoms. The maximum absolute atomic E-state index is 3.54. The summed E-state index contributed by atoms with van der Waals surface area (Å²) < 4.78 is 2.35. The second-order valence-electron chi connectivity index (χ2n) is 7.41. The fraction of sp³-hybridized carbons (Fsp3) is 0.0769. The molecule has 0 unspecified atom stereocenters. The van der Waals surface area contributed by atoms with Crippen molar-refractivity contribution in [3.8, 4) is 5.69 Å². The second kappa shape index (κ2) is 6.58. The minimum atomic E-state index is 1.10. The van der Waals surface area contributed by atoms with Gasteiger partial charge < -0.3 is 9.88 Å². The van der Waals surface area contributed by atoms with Crippen molar-refractivity contribution in [3.05, 3.63) is 102 Å². The smallest absolute Gasteiger partial charge is 0.0542 e. The average molecular weight is 362 g/mol. The van der Waals surface area contributed by atoms with E-state index in [0.717, 1.165) is 11.4 Å². The van der Waals surface area contributed by atoms with E-state index in [1.807, 2.05) is 0 Å². The van der Waals surface area contributed by atoms with E-state index in [9.17, 15) is 0 Å². The topological polar surface area (TPSA) is 17.0 Å². The lowest BCUT2D eigenvalue weighted by molar-refractivity contribution is 1.17. The van der Waals surface area contributed by atoms with Crippen molar-refractivity contribution in [3.63, 3.8) is 0 Å². The minimum Gasteiger partial charge on any atom is -0.356 e. The highest BCUT2D eigenvalue weighted by Gasteiger charge is 2.12. The number of para-hydroxylation sites is 1. The molecule has 2 heteroatoms. The second-order valence-corrected chi connectivity index (χ2v) is 7.41. The van der Waals surface area contributed by atoms with Crippen molar-refractivity contribution >= 4 is 33.2 Å². The summed E-state index contributed by atoms with van der Waals surface area (Å²) in [7, 11) is 0. The van der Waals surface area contributed by atoms with Gasteiger partial charge in [0.1, 0.15) is 0 Å². The molecule has 0 saturated carbocycles. The van der Waals surface area contributed by atoms with E-state index in [4.69, 9.17) is 0 Å². The minimum absolute atomic E-state index is 1.10. The van der Waals surface area contributed by atoms with E-state index in [2.05, 4.69) is 115 Å². The van der Waals surface area contributed by atoms with Gasteiger partial charge in [-0.3, -0.25) is 0 Å². The van der Waals surface area contributed by atoms with E-state index in [1.165, 1.54) is 38.6 Å². The molecule has 0 atom stereocenters. The zero-order valence-corrected chi connectivity index (χ0v) is 16.1. The van der Waals surface area contributed by atoms with E-state index >= 15 is 0 Å². The van der Waals surface area contributed by atoms with E-state index < -0.39 is 0 Å². The Hall–Kier alpha value is -3.52. The van der Waals surface area contributed by atoms with Gasteiger partial charge in [-0.1, -0.05) is 53.6 Å². The van der Waals surface area contributed by atoms with Crippen molar-refractivity contribution in [2.45, 2.75) is 13.8 Å². The summed E-state index contributed by atoms with van der Waals surface area (Å²) >= 11 is 0. The maximum Gasteiger partial charge on any atom is 0.0542 e. The Morgan fingerprint density at radius 1 is 0.571 bits per heavy atom. The van der Waals surface area contributed by atoms with Crippen LogP contribution < -0.4 is 5.32 Å². The number of hydrogen-bond acceptors (Lipinski definition) is 1. The largest absolute Gasteiger partial charge is 0.356 e. The number of aromatic nitrogens is 1. The molecule has 136 valence electrons. The Labute approximate surface area is 165 Å². The van der Waals surface area contributed by atoms with Gasteiger partial charge in [-0.2, -0.15) is 0 Å². The summed E-state index contributed by atoms with van der Waals surface area (Å²) in [4.78, 5) is 0. The van der Waals surface area contributed by atoms with Crippen molar-refractivity contribution in [1.82, 2.24) is 4.57 Å². The summed E-state index contributed by atoms with van der Waals surface area (Å²) in [5.74, 6) is 0. The maximum atomic E-state index is 3.54. The van der Waals surface area contributed by atoms with E-state index in [0.29, 0.717) is 0 Å². The molecule has 5 aromatic rings. The predicted molar refractivity (Wildman–Crippen MR) is 120 cm³/mol. The summed E-state index contributed by atoms with van der Waals surface area (Å²) in [6, 6.07) is 32.5. The third-order valence-electron chi connectivity index (χ3n) is 5.30. The molecule has 0 saturated heterocycles. The summed E-state index contributed by atoms with van der Waals surface area (Å²) in [5, 5.41) is 6.06. The first-order valence-corrected chi connectivity index (χ1v) is 9.63. The number of nitrogens with zero attached hydrogens (tertiary/aromatic N) is 1. The molecule has 0 amide bonds. The zero-order valence-electron chi connectivity index (χ0n) is 16.1. The van der Waals surface area contributed by atoms with Crippen LogP contribution in [0.2, 0.25) is 0 Å². The summed E-state index contributed by atoms with van der Waals surface area (Å²) in [6.45, 7) is 4.23. The van der Waals surface area contributed by atoms with Gasteiger partial charge in [-0.25, -0.2) is 0 Å². The van der Waals surface area contributed by atoms with Crippen LogP contribution in [0.15, 0.2) is 91.0 Å². The number of hydrogen-bond donors (Lipinski definition) is 1. The molecule has 4 aromatic carbocycles. The van der Waals surface area contributed by atoms with E-state index in [-0.39, 0.29) is 0 Å². The predicted octanol–water partition coefficient (Wildman–Crippen LogP) is 7.14. The Bertz CT molecular complexity index is 1280. The first kappa shape index (κ1) is 16.6. The quantitative estimate of drug-likeness (QED) is 0.361. The Morgan fingerprint density at radius 2 is 1.18 bits per heavy atom. The lowest BCUT2D eigenvalue weighted by atomic mass is 10.1. The van der Waals surface area contributed by atoms with E-state index in [1.54, 1.807) is 0 Å². The number of aryl methyl sites for hydroxylation is 2. The van der Waals surface area contributed by atoms with Crippen molar-refractivity contribution in [1.29, 1.82) is 0 Å². The van der Waals surface area contributed by atoms with Gasteiger partial charge in [0.25, 0.3) is 0 Å². The van der Waals surface area contributed by atoms with Gasteiger partial charge in [0, 0.05) is 27.8 Å². The molecular weight excluding hydrogens is 340 g/mol. The van der Waals surface area contributed by atoms with Gasteiger partial charge in [0.2, 0.25) is 0 Å². The Kier molecular flexibility index (Phi) is 3.91. The fourth-order valence-corrected chi connectivity index (χ4v) is 3.83.